The van der Waals surface area contributed by atoms with E-state index in [0.29, 0.717) is 31.5 Å². The van der Waals surface area contributed by atoms with Crippen molar-refractivity contribution in [1.29, 1.82) is 0 Å². The fraction of sp³-hybridized carbons (Fsp3) is 0.727. The van der Waals surface area contributed by atoms with Gasteiger partial charge >= 0.3 is 0 Å². The van der Waals surface area contributed by atoms with Gasteiger partial charge in [0.25, 0.3) is 11.1 Å². The maximum absolute atomic E-state index is 12.2. The summed E-state index contributed by atoms with van der Waals surface area (Å²) < 4.78 is 1.34. The van der Waals surface area contributed by atoms with E-state index >= 15 is 0 Å². The highest BCUT2D eigenvalue weighted by atomic mass is 32.2. The normalized spacial score (nSPS) is 26.9. The second-order valence-corrected chi connectivity index (χ2v) is 6.06. The lowest BCUT2D eigenvalue weighted by atomic mass is 9.87. The summed E-state index contributed by atoms with van der Waals surface area (Å²) in [4.78, 5) is 36.7. The SMILES string of the molecule is CC(C)C(=O)N1CCCC12CN(SC(N)=O)C2=O. The molecule has 2 rings (SSSR count). The van der Waals surface area contributed by atoms with E-state index in [1.165, 1.54) is 4.31 Å². The highest BCUT2D eigenvalue weighted by Gasteiger charge is 2.60. The van der Waals surface area contributed by atoms with Crippen LogP contribution in [0.5, 0.6) is 0 Å². The first kappa shape index (κ1) is 13.2. The molecule has 1 spiro atoms. The van der Waals surface area contributed by atoms with Gasteiger partial charge in [-0.05, 0) is 12.8 Å². The third-order valence-electron chi connectivity index (χ3n) is 3.48. The van der Waals surface area contributed by atoms with Crippen LogP contribution in [0.3, 0.4) is 0 Å². The van der Waals surface area contributed by atoms with Crippen molar-refractivity contribution in [2.75, 3.05) is 13.1 Å². The number of rotatable bonds is 2. The molecule has 18 heavy (non-hydrogen) atoms. The number of primary amides is 1. The van der Waals surface area contributed by atoms with Gasteiger partial charge in [-0.3, -0.25) is 18.7 Å². The molecule has 0 aromatic rings. The molecule has 2 heterocycles. The lowest BCUT2D eigenvalue weighted by Gasteiger charge is -2.50. The average Bonchev–Trinajstić information content (AvgIpc) is 2.73. The van der Waals surface area contributed by atoms with Crippen LogP contribution in [0, 0.1) is 5.92 Å². The topological polar surface area (TPSA) is 83.7 Å². The Hall–Kier alpha value is -1.24. The van der Waals surface area contributed by atoms with E-state index < -0.39 is 10.8 Å². The number of nitrogens with zero attached hydrogens (tertiary/aromatic N) is 2. The van der Waals surface area contributed by atoms with Crippen LogP contribution in [0.25, 0.3) is 0 Å². The van der Waals surface area contributed by atoms with Gasteiger partial charge in [-0.2, -0.15) is 0 Å². The highest BCUT2D eigenvalue weighted by Crippen LogP contribution is 2.42. The van der Waals surface area contributed by atoms with Crippen LogP contribution >= 0.6 is 11.9 Å². The predicted molar refractivity (Wildman–Crippen MR) is 67.4 cm³/mol. The third-order valence-corrected chi connectivity index (χ3v) is 4.17. The number of likely N-dealkylation sites (tertiary alicyclic amines) is 1. The molecule has 1 atom stereocenters. The molecule has 100 valence electrons. The third kappa shape index (κ3) is 1.86. The van der Waals surface area contributed by atoms with Gasteiger partial charge in [0, 0.05) is 12.5 Å². The van der Waals surface area contributed by atoms with Crippen LogP contribution in [-0.4, -0.2) is 44.9 Å². The monoisotopic (exact) mass is 271 g/mol. The standard InChI is InChI=1S/C11H17N3O3S/c1-7(2)8(15)13-5-3-4-11(13)6-14(9(11)16)18-10(12)17/h7H,3-6H2,1-2H3,(H2,12,17). The molecule has 2 saturated heterocycles. The summed E-state index contributed by atoms with van der Waals surface area (Å²) in [7, 11) is 0. The average molecular weight is 271 g/mol. The second kappa shape index (κ2) is 4.46. The van der Waals surface area contributed by atoms with Crippen molar-refractivity contribution in [2.24, 2.45) is 11.7 Å². The molecule has 7 heteroatoms. The summed E-state index contributed by atoms with van der Waals surface area (Å²) in [5.41, 5.74) is 4.34. The smallest absolute Gasteiger partial charge is 0.297 e. The zero-order chi connectivity index (χ0) is 13.5. The van der Waals surface area contributed by atoms with E-state index in [2.05, 4.69) is 0 Å². The first-order valence-corrected chi connectivity index (χ1v) is 6.76. The molecule has 2 aliphatic heterocycles. The minimum atomic E-state index is -0.705. The van der Waals surface area contributed by atoms with Crippen molar-refractivity contribution in [2.45, 2.75) is 32.2 Å². The lowest BCUT2D eigenvalue weighted by Crippen LogP contribution is -2.71. The van der Waals surface area contributed by atoms with E-state index in [-0.39, 0.29) is 17.7 Å². The van der Waals surface area contributed by atoms with Crippen LogP contribution in [-0.2, 0) is 9.59 Å². The molecule has 0 aromatic heterocycles. The fourth-order valence-corrected chi connectivity index (χ4v) is 3.35. The molecular formula is C11H17N3O3S. The molecule has 0 aromatic carbocycles. The highest BCUT2D eigenvalue weighted by molar-refractivity contribution is 8.12. The van der Waals surface area contributed by atoms with Crippen molar-refractivity contribution in [3.8, 4) is 0 Å². The Bertz CT molecular complexity index is 412. The van der Waals surface area contributed by atoms with Crippen LogP contribution in [0.4, 0.5) is 4.79 Å². The quantitative estimate of drug-likeness (QED) is 0.588. The Balaban J connectivity index is 2.11. The van der Waals surface area contributed by atoms with Crippen molar-refractivity contribution in [3.05, 3.63) is 0 Å². The zero-order valence-electron chi connectivity index (χ0n) is 10.5. The van der Waals surface area contributed by atoms with E-state index in [1.807, 2.05) is 13.8 Å². The Morgan fingerprint density at radius 1 is 1.44 bits per heavy atom. The maximum atomic E-state index is 12.2. The van der Waals surface area contributed by atoms with Crippen molar-refractivity contribution < 1.29 is 14.4 Å². The van der Waals surface area contributed by atoms with Gasteiger partial charge < -0.3 is 10.6 Å². The molecule has 1 unspecified atom stereocenters. The zero-order valence-corrected chi connectivity index (χ0v) is 11.3. The molecule has 2 N–H and O–H groups in total. The van der Waals surface area contributed by atoms with Crippen LogP contribution in [0.2, 0.25) is 0 Å². The Labute approximate surface area is 110 Å². The predicted octanol–water partition coefficient (Wildman–Crippen LogP) is 0.573. The van der Waals surface area contributed by atoms with Crippen molar-refractivity contribution >= 4 is 29.0 Å². The number of β-lactam (4-membered cyclic amide) rings is 1. The summed E-state index contributed by atoms with van der Waals surface area (Å²) in [6.45, 7) is 4.68. The number of nitrogens with two attached hydrogens (primary N) is 1. The first-order chi connectivity index (χ1) is 8.38. The van der Waals surface area contributed by atoms with Gasteiger partial charge in [0.1, 0.15) is 5.54 Å². The molecule has 2 fully saturated rings. The molecule has 0 saturated carbocycles. The van der Waals surface area contributed by atoms with Gasteiger partial charge in [0.2, 0.25) is 5.91 Å². The van der Waals surface area contributed by atoms with Crippen molar-refractivity contribution in [1.82, 2.24) is 9.21 Å². The maximum Gasteiger partial charge on any atom is 0.297 e. The van der Waals surface area contributed by atoms with E-state index in [0.717, 1.165) is 6.42 Å². The Kier molecular flexibility index (Phi) is 3.27. The number of amides is 3. The number of hydrogen-bond donors (Lipinski definition) is 1. The minimum Gasteiger partial charge on any atom is -0.359 e. The van der Waals surface area contributed by atoms with Crippen LogP contribution < -0.4 is 5.73 Å². The molecule has 0 aliphatic carbocycles. The summed E-state index contributed by atoms with van der Waals surface area (Å²) in [6, 6.07) is 0. The van der Waals surface area contributed by atoms with Crippen LogP contribution in [0.1, 0.15) is 26.7 Å². The van der Waals surface area contributed by atoms with E-state index in [4.69, 9.17) is 5.73 Å². The summed E-state index contributed by atoms with van der Waals surface area (Å²) in [5.74, 6) is -0.284. The lowest BCUT2D eigenvalue weighted by molar-refractivity contribution is -0.160. The summed E-state index contributed by atoms with van der Waals surface area (Å²) in [5, 5.41) is -0.599. The van der Waals surface area contributed by atoms with Gasteiger partial charge in [-0.25, -0.2) is 0 Å². The Morgan fingerprint density at radius 2 is 2.11 bits per heavy atom. The van der Waals surface area contributed by atoms with Gasteiger partial charge in [-0.15, -0.1) is 0 Å². The largest absolute Gasteiger partial charge is 0.359 e. The molecule has 0 bridgehead atoms. The first-order valence-electron chi connectivity index (χ1n) is 5.99. The van der Waals surface area contributed by atoms with Gasteiger partial charge in [-0.1, -0.05) is 13.8 Å². The van der Waals surface area contributed by atoms with Gasteiger partial charge in [0.05, 0.1) is 18.5 Å². The molecule has 2 aliphatic rings. The molecule has 0 radical (unpaired) electrons. The van der Waals surface area contributed by atoms with Crippen LogP contribution in [0.15, 0.2) is 0 Å². The van der Waals surface area contributed by atoms with Gasteiger partial charge in [0.15, 0.2) is 0 Å². The second-order valence-electron chi connectivity index (χ2n) is 5.03. The number of carbonyl (C=O) groups excluding carboxylic acids is 3. The van der Waals surface area contributed by atoms with Crippen molar-refractivity contribution in [3.63, 3.8) is 0 Å². The molecule has 3 amide bonds. The number of carbonyl (C=O) groups is 3. The van der Waals surface area contributed by atoms with E-state index in [9.17, 15) is 14.4 Å². The minimum absolute atomic E-state index is 0.00424. The molecular weight excluding hydrogens is 254 g/mol. The fourth-order valence-electron chi connectivity index (χ4n) is 2.60. The molecule has 6 nitrogen and oxygen atoms in total. The Morgan fingerprint density at radius 3 is 2.61 bits per heavy atom. The summed E-state index contributed by atoms with van der Waals surface area (Å²) in [6.07, 6.45) is 1.51. The number of hydrogen-bond acceptors (Lipinski definition) is 4. The van der Waals surface area contributed by atoms with E-state index in [1.54, 1.807) is 4.90 Å². The summed E-state index contributed by atoms with van der Waals surface area (Å²) >= 11 is 0.717.